The number of benzene rings is 1. The topological polar surface area (TPSA) is 18.5 Å². The van der Waals surface area contributed by atoms with Gasteiger partial charge in [0, 0.05) is 7.11 Å². The summed E-state index contributed by atoms with van der Waals surface area (Å²) in [6, 6.07) is 5.97. The van der Waals surface area contributed by atoms with Crippen LogP contribution in [0.15, 0.2) is 18.2 Å². The highest BCUT2D eigenvalue weighted by Gasteiger charge is 2.01. The molecule has 0 aromatic heterocycles. The van der Waals surface area contributed by atoms with Crippen molar-refractivity contribution in [2.45, 2.75) is 6.92 Å². The van der Waals surface area contributed by atoms with Crippen LogP contribution in [0.25, 0.3) is 0 Å². The van der Waals surface area contributed by atoms with E-state index in [4.69, 9.17) is 9.47 Å². The van der Waals surface area contributed by atoms with Crippen molar-refractivity contribution in [3.8, 4) is 5.75 Å². The quantitative estimate of drug-likeness (QED) is 0.625. The lowest BCUT2D eigenvalue weighted by Gasteiger charge is -2.07. The van der Waals surface area contributed by atoms with Crippen LogP contribution in [0.2, 0.25) is 0 Å². The predicted octanol–water partition coefficient (Wildman–Crippen LogP) is 2.58. The Morgan fingerprint density at radius 1 is 1.42 bits per heavy atom. The second-order valence-corrected chi connectivity index (χ2v) is 3.52. The molecule has 0 aliphatic rings. The standard InChI is InChI=1S/C9H11IO2/c1-7-4-3-5-8(9(7)10)12-6-11-2/h3-5H,6H2,1-2H3. The maximum atomic E-state index is 5.34. The summed E-state index contributed by atoms with van der Waals surface area (Å²) < 4.78 is 11.3. The van der Waals surface area contributed by atoms with E-state index < -0.39 is 0 Å². The molecule has 1 rings (SSSR count). The molecule has 0 bridgehead atoms. The van der Waals surface area contributed by atoms with E-state index in [1.165, 1.54) is 5.56 Å². The Kier molecular flexibility index (Phi) is 3.81. The zero-order valence-corrected chi connectivity index (χ0v) is 9.29. The van der Waals surface area contributed by atoms with Crippen molar-refractivity contribution in [2.24, 2.45) is 0 Å². The molecule has 0 aliphatic carbocycles. The number of aryl methyl sites for hydroxylation is 1. The summed E-state index contributed by atoms with van der Waals surface area (Å²) in [6.45, 7) is 2.36. The third kappa shape index (κ3) is 2.35. The molecular weight excluding hydrogens is 267 g/mol. The van der Waals surface area contributed by atoms with Crippen molar-refractivity contribution in [3.05, 3.63) is 27.3 Å². The Balaban J connectivity index is 2.78. The Morgan fingerprint density at radius 2 is 2.17 bits per heavy atom. The van der Waals surface area contributed by atoms with Gasteiger partial charge in [0.1, 0.15) is 5.75 Å². The Hall–Kier alpha value is -0.290. The number of methoxy groups -OCH3 is 1. The van der Waals surface area contributed by atoms with Crippen molar-refractivity contribution in [3.63, 3.8) is 0 Å². The van der Waals surface area contributed by atoms with E-state index in [0.29, 0.717) is 6.79 Å². The number of halogens is 1. The molecule has 0 atom stereocenters. The van der Waals surface area contributed by atoms with Crippen LogP contribution in [0.3, 0.4) is 0 Å². The zero-order valence-electron chi connectivity index (χ0n) is 7.13. The van der Waals surface area contributed by atoms with Crippen molar-refractivity contribution >= 4 is 22.6 Å². The summed E-state index contributed by atoms with van der Waals surface area (Å²) in [7, 11) is 1.61. The summed E-state index contributed by atoms with van der Waals surface area (Å²) >= 11 is 2.26. The summed E-state index contributed by atoms with van der Waals surface area (Å²) in [6.07, 6.45) is 0. The fourth-order valence-electron chi connectivity index (χ4n) is 0.854. The molecule has 3 heteroatoms. The molecule has 1 aromatic carbocycles. The first-order chi connectivity index (χ1) is 5.75. The third-order valence-electron chi connectivity index (χ3n) is 1.49. The van der Waals surface area contributed by atoms with Crippen molar-refractivity contribution in [1.29, 1.82) is 0 Å². The van der Waals surface area contributed by atoms with Crippen LogP contribution < -0.4 is 4.74 Å². The second kappa shape index (κ2) is 4.67. The molecule has 0 unspecified atom stereocenters. The maximum absolute atomic E-state index is 5.34. The van der Waals surface area contributed by atoms with Crippen molar-refractivity contribution in [2.75, 3.05) is 13.9 Å². The highest BCUT2D eigenvalue weighted by atomic mass is 127. The fourth-order valence-corrected chi connectivity index (χ4v) is 1.37. The summed E-state index contributed by atoms with van der Waals surface area (Å²) in [5.74, 6) is 0.887. The van der Waals surface area contributed by atoms with Gasteiger partial charge in [-0.05, 0) is 41.1 Å². The van der Waals surface area contributed by atoms with Crippen LogP contribution in [-0.4, -0.2) is 13.9 Å². The molecule has 0 saturated heterocycles. The van der Waals surface area contributed by atoms with Crippen LogP contribution in [0.4, 0.5) is 0 Å². The molecule has 0 aliphatic heterocycles. The van der Waals surface area contributed by atoms with Crippen LogP contribution in [0, 0.1) is 10.5 Å². The van der Waals surface area contributed by atoms with Crippen LogP contribution in [0.1, 0.15) is 5.56 Å². The average molecular weight is 278 g/mol. The van der Waals surface area contributed by atoms with E-state index in [-0.39, 0.29) is 0 Å². The van der Waals surface area contributed by atoms with Gasteiger partial charge in [-0.2, -0.15) is 0 Å². The van der Waals surface area contributed by atoms with Gasteiger partial charge in [-0.3, -0.25) is 0 Å². The first kappa shape index (κ1) is 9.80. The van der Waals surface area contributed by atoms with E-state index in [1.807, 2.05) is 12.1 Å². The molecule has 0 spiro atoms. The highest BCUT2D eigenvalue weighted by molar-refractivity contribution is 14.1. The minimum atomic E-state index is 0.305. The largest absolute Gasteiger partial charge is 0.466 e. The number of rotatable bonds is 3. The predicted molar refractivity (Wildman–Crippen MR) is 56.4 cm³/mol. The molecule has 0 N–H and O–H groups in total. The number of hydrogen-bond donors (Lipinski definition) is 0. The summed E-state index contributed by atoms with van der Waals surface area (Å²) in [4.78, 5) is 0. The smallest absolute Gasteiger partial charge is 0.188 e. The number of hydrogen-bond acceptors (Lipinski definition) is 2. The van der Waals surface area contributed by atoms with Crippen LogP contribution in [0.5, 0.6) is 5.75 Å². The molecule has 0 amide bonds. The van der Waals surface area contributed by atoms with Crippen molar-refractivity contribution in [1.82, 2.24) is 0 Å². The monoisotopic (exact) mass is 278 g/mol. The number of ether oxygens (including phenoxy) is 2. The Morgan fingerprint density at radius 3 is 2.83 bits per heavy atom. The van der Waals surface area contributed by atoms with Crippen LogP contribution in [-0.2, 0) is 4.74 Å². The second-order valence-electron chi connectivity index (χ2n) is 2.44. The summed E-state index contributed by atoms with van der Waals surface area (Å²) in [5, 5.41) is 0. The van der Waals surface area contributed by atoms with Gasteiger partial charge in [-0.15, -0.1) is 0 Å². The van der Waals surface area contributed by atoms with Gasteiger partial charge >= 0.3 is 0 Å². The zero-order chi connectivity index (χ0) is 8.97. The molecule has 2 nitrogen and oxygen atoms in total. The lowest BCUT2D eigenvalue weighted by Crippen LogP contribution is -2.00. The molecule has 0 heterocycles. The minimum Gasteiger partial charge on any atom is -0.466 e. The molecule has 0 radical (unpaired) electrons. The lowest BCUT2D eigenvalue weighted by molar-refractivity contribution is 0.0505. The maximum Gasteiger partial charge on any atom is 0.188 e. The van der Waals surface area contributed by atoms with Gasteiger partial charge < -0.3 is 9.47 Å². The van der Waals surface area contributed by atoms with Crippen molar-refractivity contribution < 1.29 is 9.47 Å². The molecule has 66 valence electrons. The SMILES string of the molecule is COCOc1cccc(C)c1I. The van der Waals surface area contributed by atoms with Gasteiger partial charge in [0.15, 0.2) is 6.79 Å². The highest BCUT2D eigenvalue weighted by Crippen LogP contribution is 2.23. The van der Waals surface area contributed by atoms with Gasteiger partial charge in [-0.25, -0.2) is 0 Å². The van der Waals surface area contributed by atoms with E-state index >= 15 is 0 Å². The molecule has 0 fully saturated rings. The van der Waals surface area contributed by atoms with E-state index in [9.17, 15) is 0 Å². The first-order valence-electron chi connectivity index (χ1n) is 3.62. The molecule has 12 heavy (non-hydrogen) atoms. The van der Waals surface area contributed by atoms with E-state index in [0.717, 1.165) is 9.32 Å². The Bertz CT molecular complexity index is 261. The molecular formula is C9H11IO2. The first-order valence-corrected chi connectivity index (χ1v) is 4.70. The van der Waals surface area contributed by atoms with E-state index in [1.54, 1.807) is 7.11 Å². The van der Waals surface area contributed by atoms with Gasteiger partial charge in [-0.1, -0.05) is 12.1 Å². The van der Waals surface area contributed by atoms with E-state index in [2.05, 4.69) is 35.6 Å². The molecule has 1 aromatic rings. The van der Waals surface area contributed by atoms with Gasteiger partial charge in [0.05, 0.1) is 3.57 Å². The van der Waals surface area contributed by atoms with Gasteiger partial charge in [0.2, 0.25) is 0 Å². The molecule has 0 saturated carbocycles. The minimum absolute atomic E-state index is 0.305. The Labute approximate surface area is 86.0 Å². The average Bonchev–Trinajstić information content (AvgIpc) is 2.08. The normalized spacial score (nSPS) is 9.92. The third-order valence-corrected chi connectivity index (χ3v) is 2.87. The lowest BCUT2D eigenvalue weighted by atomic mass is 10.2. The van der Waals surface area contributed by atoms with Crippen LogP contribution >= 0.6 is 22.6 Å². The summed E-state index contributed by atoms with van der Waals surface area (Å²) in [5.41, 5.74) is 1.23. The fraction of sp³-hybridized carbons (Fsp3) is 0.333. The van der Waals surface area contributed by atoms with Gasteiger partial charge in [0.25, 0.3) is 0 Å².